The first-order chi connectivity index (χ1) is 9.08. The summed E-state index contributed by atoms with van der Waals surface area (Å²) in [6.07, 6.45) is 2.63. The highest BCUT2D eigenvalue weighted by atomic mass is 35.5. The van der Waals surface area contributed by atoms with Crippen LogP contribution in [0.4, 0.5) is 4.39 Å². The van der Waals surface area contributed by atoms with Crippen molar-refractivity contribution in [3.05, 3.63) is 40.6 Å². The number of rotatable bonds is 1. The van der Waals surface area contributed by atoms with Crippen molar-refractivity contribution < 1.29 is 4.39 Å². The molecular formula is C12H9ClFN5. The van der Waals surface area contributed by atoms with Crippen LogP contribution in [0.5, 0.6) is 0 Å². The Morgan fingerprint density at radius 2 is 1.95 bits per heavy atom. The summed E-state index contributed by atoms with van der Waals surface area (Å²) in [4.78, 5) is 3.79. The lowest BCUT2D eigenvalue weighted by Gasteiger charge is -2.04. The monoisotopic (exact) mass is 277 g/mol. The number of halogens is 2. The fraction of sp³-hybridized carbons (Fsp3) is 0.167. The summed E-state index contributed by atoms with van der Waals surface area (Å²) in [5.41, 5.74) is 2.84. The maximum absolute atomic E-state index is 13.2. The summed E-state index contributed by atoms with van der Waals surface area (Å²) in [7, 11) is 0. The lowest BCUT2D eigenvalue weighted by Crippen LogP contribution is -2.00. The topological polar surface area (TPSA) is 56.0 Å². The van der Waals surface area contributed by atoms with E-state index >= 15 is 0 Å². The predicted molar refractivity (Wildman–Crippen MR) is 68.5 cm³/mol. The van der Waals surface area contributed by atoms with Gasteiger partial charge in [0.25, 0.3) is 0 Å². The van der Waals surface area contributed by atoms with Crippen LogP contribution in [-0.2, 0) is 0 Å². The fourth-order valence-corrected chi connectivity index (χ4v) is 2.03. The molecule has 3 heterocycles. The van der Waals surface area contributed by atoms with E-state index in [0.717, 1.165) is 17.3 Å². The Kier molecular flexibility index (Phi) is 2.67. The number of nitrogens with zero attached hydrogens (tertiary/aromatic N) is 5. The minimum Gasteiger partial charge on any atom is -0.261 e. The average molecular weight is 278 g/mol. The molecule has 19 heavy (non-hydrogen) atoms. The van der Waals surface area contributed by atoms with Gasteiger partial charge < -0.3 is 0 Å². The van der Waals surface area contributed by atoms with Gasteiger partial charge in [-0.3, -0.25) is 4.98 Å². The second-order valence-corrected chi connectivity index (χ2v) is 4.55. The zero-order valence-corrected chi connectivity index (χ0v) is 11.0. The van der Waals surface area contributed by atoms with Crippen molar-refractivity contribution in [3.63, 3.8) is 0 Å². The van der Waals surface area contributed by atoms with E-state index in [4.69, 9.17) is 11.6 Å². The first-order valence-electron chi connectivity index (χ1n) is 5.57. The maximum atomic E-state index is 13.2. The fourth-order valence-electron chi connectivity index (χ4n) is 1.81. The van der Waals surface area contributed by atoms with E-state index in [2.05, 4.69) is 20.3 Å². The van der Waals surface area contributed by atoms with Gasteiger partial charge in [0.15, 0.2) is 16.6 Å². The highest BCUT2D eigenvalue weighted by Crippen LogP contribution is 2.23. The van der Waals surface area contributed by atoms with Crippen molar-refractivity contribution in [3.8, 4) is 11.4 Å². The molecule has 0 aliphatic heterocycles. The van der Waals surface area contributed by atoms with Gasteiger partial charge in [0.2, 0.25) is 0 Å². The minimum absolute atomic E-state index is 0.371. The van der Waals surface area contributed by atoms with Crippen LogP contribution < -0.4 is 0 Å². The molecule has 0 radical (unpaired) electrons. The average Bonchev–Trinajstić information content (AvgIpc) is 2.80. The number of pyridine rings is 1. The Labute approximate surface area is 113 Å². The SMILES string of the molecule is Cc1c(Cl)nn2c(-c3cncc(F)c3)nnc2c1C. The van der Waals surface area contributed by atoms with E-state index in [1.54, 1.807) is 0 Å². The van der Waals surface area contributed by atoms with Crippen LogP contribution in [0, 0.1) is 19.7 Å². The Bertz CT molecular complexity index is 783. The van der Waals surface area contributed by atoms with E-state index < -0.39 is 5.82 Å². The van der Waals surface area contributed by atoms with E-state index in [1.807, 2.05) is 13.8 Å². The van der Waals surface area contributed by atoms with Gasteiger partial charge in [-0.05, 0) is 25.5 Å². The van der Waals surface area contributed by atoms with Crippen molar-refractivity contribution in [1.82, 2.24) is 24.8 Å². The number of hydrogen-bond acceptors (Lipinski definition) is 4. The van der Waals surface area contributed by atoms with Crippen LogP contribution in [0.1, 0.15) is 11.1 Å². The first kappa shape index (κ1) is 12.0. The van der Waals surface area contributed by atoms with E-state index in [1.165, 1.54) is 16.8 Å². The Hall–Kier alpha value is -2.08. The van der Waals surface area contributed by atoms with Gasteiger partial charge in [-0.1, -0.05) is 11.6 Å². The third-order valence-corrected chi connectivity index (χ3v) is 3.36. The molecule has 0 bridgehead atoms. The van der Waals surface area contributed by atoms with Gasteiger partial charge in [-0.25, -0.2) is 4.39 Å². The number of hydrogen-bond donors (Lipinski definition) is 0. The summed E-state index contributed by atoms with van der Waals surface area (Å²) in [6, 6.07) is 1.33. The zero-order chi connectivity index (χ0) is 13.6. The Balaban J connectivity index is 2.32. The molecule has 5 nitrogen and oxygen atoms in total. The minimum atomic E-state index is -0.441. The van der Waals surface area contributed by atoms with Gasteiger partial charge in [0.1, 0.15) is 5.82 Å². The summed E-state index contributed by atoms with van der Waals surface area (Å²) >= 11 is 6.06. The molecule has 3 aromatic heterocycles. The highest BCUT2D eigenvalue weighted by molar-refractivity contribution is 6.30. The highest BCUT2D eigenvalue weighted by Gasteiger charge is 2.15. The van der Waals surface area contributed by atoms with Gasteiger partial charge in [-0.15, -0.1) is 10.2 Å². The molecule has 0 aliphatic carbocycles. The Morgan fingerprint density at radius 1 is 1.16 bits per heavy atom. The van der Waals surface area contributed by atoms with Gasteiger partial charge in [-0.2, -0.15) is 9.61 Å². The van der Waals surface area contributed by atoms with E-state index in [-0.39, 0.29) is 0 Å². The van der Waals surface area contributed by atoms with Gasteiger partial charge in [0, 0.05) is 17.3 Å². The summed E-state index contributed by atoms with van der Waals surface area (Å²) < 4.78 is 14.7. The second kappa shape index (κ2) is 4.24. The van der Waals surface area contributed by atoms with Crippen LogP contribution in [0.15, 0.2) is 18.5 Å². The second-order valence-electron chi connectivity index (χ2n) is 4.19. The largest absolute Gasteiger partial charge is 0.261 e. The third-order valence-electron chi connectivity index (χ3n) is 3.00. The molecular weight excluding hydrogens is 269 g/mol. The van der Waals surface area contributed by atoms with Gasteiger partial charge >= 0.3 is 0 Å². The molecule has 0 spiro atoms. The zero-order valence-electron chi connectivity index (χ0n) is 10.2. The molecule has 0 fully saturated rings. The van der Waals surface area contributed by atoms with Crippen molar-refractivity contribution in [1.29, 1.82) is 0 Å². The molecule has 7 heteroatoms. The molecule has 0 atom stereocenters. The lowest BCUT2D eigenvalue weighted by molar-refractivity contribution is 0.621. The molecule has 0 saturated heterocycles. The van der Waals surface area contributed by atoms with Crippen molar-refractivity contribution >= 4 is 17.2 Å². The smallest absolute Gasteiger partial charge is 0.187 e. The molecule has 0 aromatic carbocycles. The van der Waals surface area contributed by atoms with Crippen molar-refractivity contribution in [2.24, 2.45) is 0 Å². The van der Waals surface area contributed by atoms with Crippen LogP contribution >= 0.6 is 11.6 Å². The summed E-state index contributed by atoms with van der Waals surface area (Å²) in [5, 5.41) is 12.7. The number of aryl methyl sites for hydroxylation is 1. The van der Waals surface area contributed by atoms with Crippen LogP contribution in [-0.4, -0.2) is 24.8 Å². The molecule has 0 N–H and O–H groups in total. The molecule has 0 unspecified atom stereocenters. The van der Waals surface area contributed by atoms with Crippen LogP contribution in [0.2, 0.25) is 5.15 Å². The third kappa shape index (κ3) is 1.84. The van der Waals surface area contributed by atoms with Crippen LogP contribution in [0.25, 0.3) is 17.0 Å². The Morgan fingerprint density at radius 3 is 2.68 bits per heavy atom. The quantitative estimate of drug-likeness (QED) is 0.686. The molecule has 0 saturated carbocycles. The van der Waals surface area contributed by atoms with Gasteiger partial charge in [0.05, 0.1) is 6.20 Å². The standard InChI is InChI=1S/C12H9ClFN5/c1-6-7(2)11-16-17-12(19(11)18-10(6)13)8-3-9(14)5-15-4-8/h3-5H,1-2H3. The normalized spacial score (nSPS) is 11.2. The van der Waals surface area contributed by atoms with E-state index in [0.29, 0.717) is 22.2 Å². The summed E-state index contributed by atoms with van der Waals surface area (Å²) in [5.74, 6) is -0.0313. The molecule has 0 aliphatic rings. The molecule has 3 rings (SSSR count). The predicted octanol–water partition coefficient (Wildman–Crippen LogP) is 2.60. The van der Waals surface area contributed by atoms with E-state index in [9.17, 15) is 4.39 Å². The summed E-state index contributed by atoms with van der Waals surface area (Å²) in [6.45, 7) is 3.75. The number of aromatic nitrogens is 5. The number of fused-ring (bicyclic) bond motifs is 1. The first-order valence-corrected chi connectivity index (χ1v) is 5.95. The molecule has 3 aromatic rings. The lowest BCUT2D eigenvalue weighted by atomic mass is 10.2. The molecule has 0 amide bonds. The van der Waals surface area contributed by atoms with Crippen molar-refractivity contribution in [2.75, 3.05) is 0 Å². The van der Waals surface area contributed by atoms with Crippen molar-refractivity contribution in [2.45, 2.75) is 13.8 Å². The molecule has 96 valence electrons. The maximum Gasteiger partial charge on any atom is 0.187 e. The van der Waals surface area contributed by atoms with Crippen LogP contribution in [0.3, 0.4) is 0 Å².